The number of carboxylic acids is 1. The molecule has 1 fully saturated rings. The fourth-order valence-electron chi connectivity index (χ4n) is 1.89. The third kappa shape index (κ3) is 5.17. The van der Waals surface area contributed by atoms with Gasteiger partial charge in [0.2, 0.25) is 5.91 Å². The molecule has 2 N–H and O–H groups in total. The summed E-state index contributed by atoms with van der Waals surface area (Å²) >= 11 is 0. The molecule has 0 aliphatic carbocycles. The molecule has 0 aromatic carbocycles. The summed E-state index contributed by atoms with van der Waals surface area (Å²) in [5.74, 6) is -0.621. The van der Waals surface area contributed by atoms with Crippen LogP contribution in [-0.2, 0) is 14.3 Å². The van der Waals surface area contributed by atoms with E-state index >= 15 is 0 Å². The molecule has 1 heterocycles. The van der Waals surface area contributed by atoms with Crippen molar-refractivity contribution in [3.05, 3.63) is 0 Å². The Kier molecular flexibility index (Phi) is 5.41. The Labute approximate surface area is 102 Å². The summed E-state index contributed by atoms with van der Waals surface area (Å²) in [6.45, 7) is 4.94. The van der Waals surface area contributed by atoms with Crippen LogP contribution in [0.5, 0.6) is 0 Å². The summed E-state index contributed by atoms with van der Waals surface area (Å²) < 4.78 is 5.33. The van der Waals surface area contributed by atoms with Crippen molar-refractivity contribution in [1.82, 2.24) is 5.32 Å². The number of carbonyl (C=O) groups is 2. The lowest BCUT2D eigenvalue weighted by atomic mass is 10.0. The van der Waals surface area contributed by atoms with Gasteiger partial charge in [0.25, 0.3) is 0 Å². The van der Waals surface area contributed by atoms with E-state index in [1.807, 2.05) is 13.8 Å². The van der Waals surface area contributed by atoms with Gasteiger partial charge in [-0.1, -0.05) is 6.92 Å². The fourth-order valence-corrected chi connectivity index (χ4v) is 1.89. The van der Waals surface area contributed by atoms with Crippen LogP contribution in [-0.4, -0.2) is 36.2 Å². The highest BCUT2D eigenvalue weighted by Crippen LogP contribution is 2.19. The third-order valence-corrected chi connectivity index (χ3v) is 3.04. The van der Waals surface area contributed by atoms with E-state index < -0.39 is 5.97 Å². The van der Waals surface area contributed by atoms with Crippen molar-refractivity contribution < 1.29 is 19.4 Å². The van der Waals surface area contributed by atoms with Gasteiger partial charge in [0, 0.05) is 13.0 Å². The lowest BCUT2D eigenvalue weighted by Crippen LogP contribution is -2.34. The second kappa shape index (κ2) is 6.59. The number of nitrogens with one attached hydrogen (secondary N) is 1. The van der Waals surface area contributed by atoms with E-state index in [0.717, 1.165) is 6.42 Å². The number of rotatable bonds is 6. The summed E-state index contributed by atoms with van der Waals surface area (Å²) in [7, 11) is 0. The molecule has 1 aliphatic rings. The van der Waals surface area contributed by atoms with E-state index in [4.69, 9.17) is 9.84 Å². The highest BCUT2D eigenvalue weighted by atomic mass is 16.5. The lowest BCUT2D eigenvalue weighted by molar-refractivity contribution is -0.137. The normalized spacial score (nSPS) is 25.5. The van der Waals surface area contributed by atoms with Gasteiger partial charge in [-0.25, -0.2) is 0 Å². The smallest absolute Gasteiger partial charge is 0.303 e. The SMILES string of the molecule is CC(CCC(=O)O)CNC(=O)C1COC(C)C1. The first-order chi connectivity index (χ1) is 7.99. The molecule has 3 atom stereocenters. The van der Waals surface area contributed by atoms with E-state index in [0.29, 0.717) is 19.6 Å². The average Bonchev–Trinajstić information content (AvgIpc) is 2.70. The maximum absolute atomic E-state index is 11.7. The molecule has 1 aliphatic heterocycles. The molecular weight excluding hydrogens is 222 g/mol. The van der Waals surface area contributed by atoms with Gasteiger partial charge in [-0.15, -0.1) is 0 Å². The number of aliphatic carboxylic acids is 1. The minimum absolute atomic E-state index is 0.0246. The van der Waals surface area contributed by atoms with Crippen molar-refractivity contribution in [2.45, 2.75) is 39.2 Å². The minimum Gasteiger partial charge on any atom is -0.481 e. The molecule has 5 heteroatoms. The molecule has 0 radical (unpaired) electrons. The summed E-state index contributed by atoms with van der Waals surface area (Å²) in [6, 6.07) is 0. The van der Waals surface area contributed by atoms with E-state index in [1.165, 1.54) is 0 Å². The number of carboxylic acid groups (broad SMARTS) is 1. The Bertz CT molecular complexity index is 280. The van der Waals surface area contributed by atoms with Crippen LogP contribution in [0.15, 0.2) is 0 Å². The summed E-state index contributed by atoms with van der Waals surface area (Å²) in [4.78, 5) is 22.1. The standard InChI is InChI=1S/C12H21NO4/c1-8(3-4-11(14)15)6-13-12(16)10-5-9(2)17-7-10/h8-10H,3-7H2,1-2H3,(H,13,16)(H,14,15). The maximum Gasteiger partial charge on any atom is 0.303 e. The quantitative estimate of drug-likeness (QED) is 0.730. The minimum atomic E-state index is -0.791. The Morgan fingerprint density at radius 1 is 1.53 bits per heavy atom. The second-order valence-corrected chi connectivity index (χ2v) is 4.86. The van der Waals surface area contributed by atoms with Crippen LogP contribution in [0.2, 0.25) is 0 Å². The zero-order chi connectivity index (χ0) is 12.8. The molecule has 0 saturated carbocycles. The van der Waals surface area contributed by atoms with E-state index in [2.05, 4.69) is 5.32 Å². The first-order valence-corrected chi connectivity index (χ1v) is 6.10. The predicted octanol–water partition coefficient (Wildman–Crippen LogP) is 1.03. The molecule has 1 amide bonds. The van der Waals surface area contributed by atoms with Gasteiger partial charge in [0.1, 0.15) is 0 Å². The average molecular weight is 243 g/mol. The van der Waals surface area contributed by atoms with Gasteiger partial charge in [-0.3, -0.25) is 9.59 Å². The van der Waals surface area contributed by atoms with Crippen LogP contribution in [0.3, 0.4) is 0 Å². The van der Waals surface area contributed by atoms with Gasteiger partial charge in [0.15, 0.2) is 0 Å². The van der Waals surface area contributed by atoms with Crippen LogP contribution in [0.25, 0.3) is 0 Å². The topological polar surface area (TPSA) is 75.6 Å². The van der Waals surface area contributed by atoms with E-state index in [9.17, 15) is 9.59 Å². The van der Waals surface area contributed by atoms with Crippen LogP contribution >= 0.6 is 0 Å². The van der Waals surface area contributed by atoms with Gasteiger partial charge in [-0.05, 0) is 25.7 Å². The highest BCUT2D eigenvalue weighted by Gasteiger charge is 2.28. The molecule has 98 valence electrons. The van der Waals surface area contributed by atoms with E-state index in [-0.39, 0.29) is 30.3 Å². The highest BCUT2D eigenvalue weighted by molar-refractivity contribution is 5.79. The van der Waals surface area contributed by atoms with Gasteiger partial charge < -0.3 is 15.2 Å². The van der Waals surface area contributed by atoms with Gasteiger partial charge >= 0.3 is 5.97 Å². The van der Waals surface area contributed by atoms with Crippen molar-refractivity contribution in [2.24, 2.45) is 11.8 Å². The first kappa shape index (κ1) is 14.0. The summed E-state index contributed by atoms with van der Waals surface area (Å²) in [6.07, 6.45) is 1.68. The summed E-state index contributed by atoms with van der Waals surface area (Å²) in [5, 5.41) is 11.4. The van der Waals surface area contributed by atoms with Crippen molar-refractivity contribution in [3.63, 3.8) is 0 Å². The Hall–Kier alpha value is -1.10. The molecular formula is C12H21NO4. The van der Waals surface area contributed by atoms with E-state index in [1.54, 1.807) is 0 Å². The lowest BCUT2D eigenvalue weighted by Gasteiger charge is -2.13. The molecule has 17 heavy (non-hydrogen) atoms. The third-order valence-electron chi connectivity index (χ3n) is 3.04. The van der Waals surface area contributed by atoms with Crippen LogP contribution in [0, 0.1) is 11.8 Å². The predicted molar refractivity (Wildman–Crippen MR) is 62.6 cm³/mol. The Balaban J connectivity index is 2.17. The molecule has 0 bridgehead atoms. The maximum atomic E-state index is 11.7. The molecule has 0 aromatic rings. The Morgan fingerprint density at radius 3 is 2.76 bits per heavy atom. The zero-order valence-corrected chi connectivity index (χ0v) is 10.4. The van der Waals surface area contributed by atoms with Gasteiger partial charge in [0.05, 0.1) is 18.6 Å². The van der Waals surface area contributed by atoms with Crippen molar-refractivity contribution in [3.8, 4) is 0 Å². The van der Waals surface area contributed by atoms with Crippen molar-refractivity contribution >= 4 is 11.9 Å². The zero-order valence-electron chi connectivity index (χ0n) is 10.4. The van der Waals surface area contributed by atoms with Crippen molar-refractivity contribution in [2.75, 3.05) is 13.2 Å². The number of hydrogen-bond acceptors (Lipinski definition) is 3. The van der Waals surface area contributed by atoms with Crippen LogP contribution in [0.1, 0.15) is 33.1 Å². The number of amides is 1. The fraction of sp³-hybridized carbons (Fsp3) is 0.833. The second-order valence-electron chi connectivity index (χ2n) is 4.86. The van der Waals surface area contributed by atoms with Crippen LogP contribution in [0.4, 0.5) is 0 Å². The largest absolute Gasteiger partial charge is 0.481 e. The summed E-state index contributed by atoms with van der Waals surface area (Å²) in [5.41, 5.74) is 0. The van der Waals surface area contributed by atoms with Gasteiger partial charge in [-0.2, -0.15) is 0 Å². The van der Waals surface area contributed by atoms with Crippen LogP contribution < -0.4 is 5.32 Å². The molecule has 5 nitrogen and oxygen atoms in total. The molecule has 1 rings (SSSR count). The number of ether oxygens (including phenoxy) is 1. The number of hydrogen-bond donors (Lipinski definition) is 2. The molecule has 0 spiro atoms. The molecule has 3 unspecified atom stereocenters. The molecule has 1 saturated heterocycles. The number of carbonyl (C=O) groups excluding carboxylic acids is 1. The monoisotopic (exact) mass is 243 g/mol. The Morgan fingerprint density at radius 2 is 2.24 bits per heavy atom. The molecule has 0 aromatic heterocycles. The first-order valence-electron chi connectivity index (χ1n) is 6.10. The van der Waals surface area contributed by atoms with Crippen molar-refractivity contribution in [1.29, 1.82) is 0 Å².